The lowest BCUT2D eigenvalue weighted by Crippen LogP contribution is -2.47. The SMILES string of the molecule is COc1ccc(CCNC(=O)[C@H]2CCCCN2)cc1. The average molecular weight is 262 g/mol. The minimum Gasteiger partial charge on any atom is -0.497 e. The van der Waals surface area contributed by atoms with E-state index in [1.807, 2.05) is 24.3 Å². The van der Waals surface area contributed by atoms with Crippen molar-refractivity contribution in [2.45, 2.75) is 31.7 Å². The minimum atomic E-state index is 0.00428. The summed E-state index contributed by atoms with van der Waals surface area (Å²) in [4.78, 5) is 11.9. The third-order valence-electron chi connectivity index (χ3n) is 3.50. The Morgan fingerprint density at radius 1 is 1.37 bits per heavy atom. The molecule has 1 amide bonds. The predicted molar refractivity (Wildman–Crippen MR) is 75.3 cm³/mol. The number of rotatable bonds is 5. The molecular formula is C15H22N2O2. The fraction of sp³-hybridized carbons (Fsp3) is 0.533. The molecule has 0 spiro atoms. The first-order chi connectivity index (χ1) is 9.29. The summed E-state index contributed by atoms with van der Waals surface area (Å²) in [7, 11) is 1.66. The van der Waals surface area contributed by atoms with Gasteiger partial charge in [-0.15, -0.1) is 0 Å². The molecule has 2 N–H and O–H groups in total. The Morgan fingerprint density at radius 2 is 2.16 bits per heavy atom. The Hall–Kier alpha value is -1.55. The largest absolute Gasteiger partial charge is 0.497 e. The molecule has 0 bridgehead atoms. The van der Waals surface area contributed by atoms with E-state index in [2.05, 4.69) is 10.6 Å². The van der Waals surface area contributed by atoms with Crippen molar-refractivity contribution >= 4 is 5.91 Å². The zero-order valence-corrected chi connectivity index (χ0v) is 11.4. The number of carbonyl (C=O) groups excluding carboxylic acids is 1. The summed E-state index contributed by atoms with van der Waals surface area (Å²) in [6.07, 6.45) is 4.12. The second-order valence-corrected chi connectivity index (χ2v) is 4.89. The summed E-state index contributed by atoms with van der Waals surface area (Å²) in [6, 6.07) is 7.96. The summed E-state index contributed by atoms with van der Waals surface area (Å²) < 4.78 is 5.11. The third-order valence-corrected chi connectivity index (χ3v) is 3.50. The monoisotopic (exact) mass is 262 g/mol. The Kier molecular flexibility index (Phi) is 5.21. The normalized spacial score (nSPS) is 18.9. The number of benzene rings is 1. The fourth-order valence-corrected chi connectivity index (χ4v) is 2.32. The molecule has 0 saturated carbocycles. The van der Waals surface area contributed by atoms with Gasteiger partial charge < -0.3 is 15.4 Å². The molecule has 1 saturated heterocycles. The van der Waals surface area contributed by atoms with Crippen molar-refractivity contribution in [2.75, 3.05) is 20.2 Å². The molecule has 1 aromatic rings. The maximum Gasteiger partial charge on any atom is 0.237 e. The molecule has 1 heterocycles. The van der Waals surface area contributed by atoms with Gasteiger partial charge in [0.15, 0.2) is 0 Å². The molecule has 104 valence electrons. The van der Waals surface area contributed by atoms with Gasteiger partial charge in [0.2, 0.25) is 5.91 Å². The van der Waals surface area contributed by atoms with Crippen molar-refractivity contribution in [1.29, 1.82) is 0 Å². The van der Waals surface area contributed by atoms with Gasteiger partial charge in [0.05, 0.1) is 13.2 Å². The van der Waals surface area contributed by atoms with E-state index in [1.165, 1.54) is 12.0 Å². The van der Waals surface area contributed by atoms with E-state index in [4.69, 9.17) is 4.74 Å². The average Bonchev–Trinajstić information content (AvgIpc) is 2.49. The Labute approximate surface area is 114 Å². The van der Waals surface area contributed by atoms with Crippen LogP contribution in [0.2, 0.25) is 0 Å². The number of nitrogens with one attached hydrogen (secondary N) is 2. The van der Waals surface area contributed by atoms with Gasteiger partial charge in [0.25, 0.3) is 0 Å². The van der Waals surface area contributed by atoms with Crippen LogP contribution in [-0.2, 0) is 11.2 Å². The lowest BCUT2D eigenvalue weighted by Gasteiger charge is -2.22. The van der Waals surface area contributed by atoms with E-state index in [9.17, 15) is 4.79 Å². The van der Waals surface area contributed by atoms with E-state index in [0.717, 1.165) is 31.6 Å². The maximum atomic E-state index is 11.9. The van der Waals surface area contributed by atoms with Gasteiger partial charge in [-0.05, 0) is 43.5 Å². The molecule has 4 heteroatoms. The quantitative estimate of drug-likeness (QED) is 0.845. The zero-order valence-electron chi connectivity index (χ0n) is 11.4. The number of amides is 1. The number of piperidine rings is 1. The summed E-state index contributed by atoms with van der Waals surface area (Å²) in [5, 5.41) is 6.25. The number of hydrogen-bond acceptors (Lipinski definition) is 3. The van der Waals surface area contributed by atoms with Crippen LogP contribution in [0.15, 0.2) is 24.3 Å². The number of methoxy groups -OCH3 is 1. The molecule has 0 aliphatic carbocycles. The summed E-state index contributed by atoms with van der Waals surface area (Å²) in [5.74, 6) is 0.993. The summed E-state index contributed by atoms with van der Waals surface area (Å²) in [6.45, 7) is 1.64. The van der Waals surface area contributed by atoms with Crippen LogP contribution < -0.4 is 15.4 Å². The van der Waals surface area contributed by atoms with Gasteiger partial charge in [-0.3, -0.25) is 4.79 Å². The van der Waals surface area contributed by atoms with E-state index >= 15 is 0 Å². The Balaban J connectivity index is 1.71. The standard InChI is InChI=1S/C15H22N2O2/c1-19-13-7-5-12(6-8-13)9-11-17-15(18)14-4-2-3-10-16-14/h5-8,14,16H,2-4,9-11H2,1H3,(H,17,18)/t14-/m1/s1. The van der Waals surface area contributed by atoms with Gasteiger partial charge >= 0.3 is 0 Å². The van der Waals surface area contributed by atoms with Crippen molar-refractivity contribution in [1.82, 2.24) is 10.6 Å². The number of ether oxygens (including phenoxy) is 1. The van der Waals surface area contributed by atoms with E-state index in [0.29, 0.717) is 6.54 Å². The summed E-state index contributed by atoms with van der Waals surface area (Å²) >= 11 is 0. The van der Waals surface area contributed by atoms with Crippen LogP contribution in [0.1, 0.15) is 24.8 Å². The molecule has 4 nitrogen and oxygen atoms in total. The van der Waals surface area contributed by atoms with Crippen LogP contribution in [0.25, 0.3) is 0 Å². The predicted octanol–water partition coefficient (Wildman–Crippen LogP) is 1.50. The van der Waals surface area contributed by atoms with Gasteiger partial charge in [-0.2, -0.15) is 0 Å². The molecule has 1 atom stereocenters. The molecular weight excluding hydrogens is 240 g/mol. The van der Waals surface area contributed by atoms with E-state index in [-0.39, 0.29) is 11.9 Å². The first-order valence-corrected chi connectivity index (χ1v) is 6.93. The highest BCUT2D eigenvalue weighted by atomic mass is 16.5. The molecule has 0 unspecified atom stereocenters. The van der Waals surface area contributed by atoms with E-state index in [1.54, 1.807) is 7.11 Å². The first-order valence-electron chi connectivity index (χ1n) is 6.93. The highest BCUT2D eigenvalue weighted by Gasteiger charge is 2.19. The van der Waals surface area contributed by atoms with Crippen molar-refractivity contribution < 1.29 is 9.53 Å². The third kappa shape index (κ3) is 4.24. The number of carbonyl (C=O) groups is 1. The molecule has 1 aliphatic rings. The van der Waals surface area contributed by atoms with Crippen LogP contribution in [-0.4, -0.2) is 32.1 Å². The first kappa shape index (κ1) is 13.9. The Morgan fingerprint density at radius 3 is 2.79 bits per heavy atom. The Bertz CT molecular complexity index is 397. The second kappa shape index (κ2) is 7.14. The second-order valence-electron chi connectivity index (χ2n) is 4.89. The van der Waals surface area contributed by atoms with Gasteiger partial charge in [-0.1, -0.05) is 18.6 Å². The van der Waals surface area contributed by atoms with Gasteiger partial charge in [0.1, 0.15) is 5.75 Å². The molecule has 1 fully saturated rings. The fourth-order valence-electron chi connectivity index (χ4n) is 2.32. The van der Waals surface area contributed by atoms with Crippen LogP contribution in [0.5, 0.6) is 5.75 Å². The van der Waals surface area contributed by atoms with Crippen molar-refractivity contribution in [3.63, 3.8) is 0 Å². The zero-order chi connectivity index (χ0) is 13.5. The van der Waals surface area contributed by atoms with Crippen molar-refractivity contribution in [3.8, 4) is 5.75 Å². The molecule has 1 aliphatic heterocycles. The van der Waals surface area contributed by atoms with Crippen LogP contribution >= 0.6 is 0 Å². The minimum absolute atomic E-state index is 0.00428. The molecule has 1 aromatic carbocycles. The topological polar surface area (TPSA) is 50.4 Å². The molecule has 2 rings (SSSR count). The number of hydrogen-bond donors (Lipinski definition) is 2. The van der Waals surface area contributed by atoms with Crippen LogP contribution in [0.3, 0.4) is 0 Å². The maximum absolute atomic E-state index is 11.9. The highest BCUT2D eigenvalue weighted by Crippen LogP contribution is 2.11. The van der Waals surface area contributed by atoms with Crippen molar-refractivity contribution in [3.05, 3.63) is 29.8 Å². The smallest absolute Gasteiger partial charge is 0.237 e. The van der Waals surface area contributed by atoms with Gasteiger partial charge in [0, 0.05) is 6.54 Å². The molecule has 0 aromatic heterocycles. The molecule has 19 heavy (non-hydrogen) atoms. The van der Waals surface area contributed by atoms with Crippen LogP contribution in [0, 0.1) is 0 Å². The van der Waals surface area contributed by atoms with E-state index < -0.39 is 0 Å². The van der Waals surface area contributed by atoms with Crippen molar-refractivity contribution in [2.24, 2.45) is 0 Å². The lowest BCUT2D eigenvalue weighted by molar-refractivity contribution is -0.123. The van der Waals surface area contributed by atoms with Gasteiger partial charge in [-0.25, -0.2) is 0 Å². The highest BCUT2D eigenvalue weighted by molar-refractivity contribution is 5.81. The lowest BCUT2D eigenvalue weighted by atomic mass is 10.0. The van der Waals surface area contributed by atoms with Crippen LogP contribution in [0.4, 0.5) is 0 Å². The molecule has 0 radical (unpaired) electrons. The summed E-state index contributed by atoms with van der Waals surface area (Å²) in [5.41, 5.74) is 1.21.